The lowest BCUT2D eigenvalue weighted by atomic mass is 10.2. The third-order valence-corrected chi connectivity index (χ3v) is 5.95. The molecule has 2 aromatic carbocycles. The highest BCUT2D eigenvalue weighted by atomic mass is 32.1. The van der Waals surface area contributed by atoms with Crippen LogP contribution in [0.25, 0.3) is 10.2 Å². The van der Waals surface area contributed by atoms with Crippen LogP contribution in [0.15, 0.2) is 54.7 Å². The monoisotopic (exact) mass is 497 g/mol. The Bertz CT molecular complexity index is 1410. The van der Waals surface area contributed by atoms with E-state index < -0.39 is 17.7 Å². The Morgan fingerprint density at radius 3 is 2.60 bits per heavy atom. The highest BCUT2D eigenvalue weighted by Crippen LogP contribution is 2.35. The van der Waals surface area contributed by atoms with Crippen LogP contribution in [0.5, 0.6) is 11.5 Å². The Balaban J connectivity index is 1.48. The Hall–Kier alpha value is -4.09. The average Bonchev–Trinajstić information content (AvgIpc) is 3.27. The van der Waals surface area contributed by atoms with Crippen molar-refractivity contribution in [2.24, 2.45) is 5.73 Å². The number of halogens is 2. The van der Waals surface area contributed by atoms with Gasteiger partial charge in [0.15, 0.2) is 0 Å². The van der Waals surface area contributed by atoms with Gasteiger partial charge in [-0.3, -0.25) is 9.78 Å². The number of urea groups is 1. The van der Waals surface area contributed by atoms with Gasteiger partial charge in [-0.1, -0.05) is 6.07 Å². The Morgan fingerprint density at radius 2 is 1.83 bits per heavy atom. The van der Waals surface area contributed by atoms with Crippen molar-refractivity contribution in [2.75, 3.05) is 23.7 Å². The quantitative estimate of drug-likeness (QED) is 0.286. The molecule has 0 spiro atoms. The van der Waals surface area contributed by atoms with Crippen molar-refractivity contribution in [3.63, 3.8) is 0 Å². The largest absolute Gasteiger partial charge is 0.456 e. The van der Waals surface area contributed by atoms with Crippen LogP contribution in [-0.4, -0.2) is 30.0 Å². The number of benzene rings is 2. The van der Waals surface area contributed by atoms with Crippen molar-refractivity contribution in [1.29, 1.82) is 0 Å². The SMILES string of the molecule is Cc1ccc(F)c(NC(=O)Nc2ccc(Oc3ccnc4cc(C(=O)NCCN)sc34)cc2F)c1. The van der Waals surface area contributed by atoms with E-state index in [2.05, 4.69) is 20.9 Å². The molecule has 2 aromatic heterocycles. The van der Waals surface area contributed by atoms with Gasteiger partial charge in [0.1, 0.15) is 23.1 Å². The number of nitrogens with zero attached hydrogens (tertiary/aromatic N) is 1. The van der Waals surface area contributed by atoms with Gasteiger partial charge in [-0.2, -0.15) is 0 Å². The lowest BCUT2D eigenvalue weighted by molar-refractivity contribution is 0.0959. The molecule has 0 aliphatic rings. The molecule has 0 fully saturated rings. The van der Waals surface area contributed by atoms with Crippen molar-refractivity contribution < 1.29 is 23.1 Å². The number of carbonyl (C=O) groups is 2. The number of thiophene rings is 1. The average molecular weight is 498 g/mol. The number of hydrogen-bond donors (Lipinski definition) is 4. The summed E-state index contributed by atoms with van der Waals surface area (Å²) >= 11 is 1.19. The molecule has 0 aliphatic carbocycles. The maximum absolute atomic E-state index is 14.7. The molecule has 8 nitrogen and oxygen atoms in total. The minimum absolute atomic E-state index is 0.0170. The molecule has 0 bridgehead atoms. The lowest BCUT2D eigenvalue weighted by Gasteiger charge is -2.11. The smallest absolute Gasteiger partial charge is 0.323 e. The van der Waals surface area contributed by atoms with Gasteiger partial charge in [-0.05, 0) is 42.8 Å². The van der Waals surface area contributed by atoms with E-state index >= 15 is 0 Å². The molecule has 11 heteroatoms. The highest BCUT2D eigenvalue weighted by Gasteiger charge is 2.15. The Morgan fingerprint density at radius 1 is 1.03 bits per heavy atom. The van der Waals surface area contributed by atoms with Gasteiger partial charge in [0, 0.05) is 31.4 Å². The van der Waals surface area contributed by atoms with Gasteiger partial charge in [0.05, 0.1) is 26.5 Å². The summed E-state index contributed by atoms with van der Waals surface area (Å²) in [6.07, 6.45) is 1.52. The zero-order valence-corrected chi connectivity index (χ0v) is 19.3. The maximum Gasteiger partial charge on any atom is 0.323 e. The van der Waals surface area contributed by atoms with Crippen LogP contribution in [0, 0.1) is 18.6 Å². The van der Waals surface area contributed by atoms with Gasteiger partial charge in [-0.15, -0.1) is 11.3 Å². The second kappa shape index (κ2) is 10.5. The van der Waals surface area contributed by atoms with E-state index in [0.29, 0.717) is 33.9 Å². The number of pyridine rings is 1. The second-order valence-corrected chi connectivity index (χ2v) is 8.54. The van der Waals surface area contributed by atoms with E-state index in [-0.39, 0.29) is 23.0 Å². The zero-order valence-electron chi connectivity index (χ0n) is 18.5. The van der Waals surface area contributed by atoms with Crippen molar-refractivity contribution in [3.05, 3.63) is 76.8 Å². The van der Waals surface area contributed by atoms with E-state index in [1.807, 2.05) is 0 Å². The molecular weight excluding hydrogens is 476 g/mol. The first-order chi connectivity index (χ1) is 16.8. The molecule has 0 aliphatic heterocycles. The van der Waals surface area contributed by atoms with Gasteiger partial charge < -0.3 is 26.4 Å². The first-order valence-electron chi connectivity index (χ1n) is 10.5. The number of nitrogens with two attached hydrogens (primary N) is 1. The van der Waals surface area contributed by atoms with Crippen LogP contribution in [0.4, 0.5) is 25.0 Å². The number of hydrogen-bond acceptors (Lipinski definition) is 6. The van der Waals surface area contributed by atoms with Crippen molar-refractivity contribution >= 4 is 44.9 Å². The van der Waals surface area contributed by atoms with Crippen LogP contribution in [-0.2, 0) is 0 Å². The normalized spacial score (nSPS) is 10.7. The summed E-state index contributed by atoms with van der Waals surface area (Å²) in [5, 5.41) is 7.40. The van der Waals surface area contributed by atoms with Gasteiger partial charge >= 0.3 is 6.03 Å². The van der Waals surface area contributed by atoms with Crippen LogP contribution < -0.4 is 26.4 Å². The number of nitrogens with one attached hydrogen (secondary N) is 3. The molecule has 35 heavy (non-hydrogen) atoms. The topological polar surface area (TPSA) is 118 Å². The van der Waals surface area contributed by atoms with E-state index in [0.717, 1.165) is 11.6 Å². The first-order valence-corrected chi connectivity index (χ1v) is 11.3. The molecule has 0 saturated heterocycles. The summed E-state index contributed by atoms with van der Waals surface area (Å²) in [5.74, 6) is -1.05. The van der Waals surface area contributed by atoms with Crippen molar-refractivity contribution in [1.82, 2.24) is 10.3 Å². The van der Waals surface area contributed by atoms with Crippen LogP contribution in [0.2, 0.25) is 0 Å². The summed E-state index contributed by atoms with van der Waals surface area (Å²) in [6.45, 7) is 2.43. The number of rotatable bonds is 7. The molecule has 0 radical (unpaired) electrons. The molecule has 3 amide bonds. The molecule has 180 valence electrons. The van der Waals surface area contributed by atoms with Gasteiger partial charge in [0.25, 0.3) is 5.91 Å². The summed E-state index contributed by atoms with van der Waals surface area (Å²) < 4.78 is 35.0. The molecule has 0 unspecified atom stereocenters. The highest BCUT2D eigenvalue weighted by molar-refractivity contribution is 7.21. The molecule has 0 atom stereocenters. The summed E-state index contributed by atoms with van der Waals surface area (Å²) in [6, 6.07) is 10.6. The third-order valence-electron chi connectivity index (χ3n) is 4.82. The molecule has 0 saturated carbocycles. The fraction of sp³-hybridized carbons (Fsp3) is 0.125. The van der Waals surface area contributed by atoms with Gasteiger partial charge in [-0.25, -0.2) is 13.6 Å². The molecule has 4 rings (SSSR count). The number of aryl methyl sites for hydroxylation is 1. The molecule has 5 N–H and O–H groups in total. The number of aromatic nitrogens is 1. The molecule has 4 aromatic rings. The summed E-state index contributed by atoms with van der Waals surface area (Å²) in [4.78, 5) is 29.1. The number of anilines is 2. The van der Waals surface area contributed by atoms with E-state index in [1.165, 1.54) is 41.8 Å². The summed E-state index contributed by atoms with van der Waals surface area (Å²) in [5.41, 5.74) is 6.61. The fourth-order valence-electron chi connectivity index (χ4n) is 3.18. The minimum Gasteiger partial charge on any atom is -0.456 e. The van der Waals surface area contributed by atoms with Gasteiger partial charge in [0.2, 0.25) is 0 Å². The molecule has 2 heterocycles. The number of carbonyl (C=O) groups excluding carboxylic acids is 2. The first kappa shape index (κ1) is 24.0. The number of amides is 3. The number of fused-ring (bicyclic) bond motifs is 1. The molecular formula is C24H21F2N5O3S. The van der Waals surface area contributed by atoms with Crippen LogP contribution >= 0.6 is 11.3 Å². The summed E-state index contributed by atoms with van der Waals surface area (Å²) in [7, 11) is 0. The lowest BCUT2D eigenvalue weighted by Crippen LogP contribution is -2.28. The Labute approximate surface area is 203 Å². The van der Waals surface area contributed by atoms with Crippen LogP contribution in [0.1, 0.15) is 15.2 Å². The maximum atomic E-state index is 14.7. The standard InChI is InChI=1S/C24H21F2N5O3S/c1-13-2-4-15(25)18(10-13)31-24(33)30-17-5-3-14(11-16(17)26)34-20-6-8-28-19-12-21(35-22(19)20)23(32)29-9-7-27/h2-6,8,10-12H,7,9,27H2,1H3,(H,29,32)(H2,30,31,33). The van der Waals surface area contributed by atoms with Crippen molar-refractivity contribution in [2.45, 2.75) is 6.92 Å². The number of ether oxygens (including phenoxy) is 1. The predicted molar refractivity (Wildman–Crippen MR) is 131 cm³/mol. The fourth-order valence-corrected chi connectivity index (χ4v) is 4.16. The van der Waals surface area contributed by atoms with E-state index in [9.17, 15) is 18.4 Å². The zero-order chi connectivity index (χ0) is 24.9. The Kier molecular flexibility index (Phi) is 7.18. The second-order valence-electron chi connectivity index (χ2n) is 7.48. The third kappa shape index (κ3) is 5.70. The van der Waals surface area contributed by atoms with E-state index in [1.54, 1.807) is 25.1 Å². The van der Waals surface area contributed by atoms with Crippen molar-refractivity contribution in [3.8, 4) is 11.5 Å². The van der Waals surface area contributed by atoms with E-state index in [4.69, 9.17) is 10.5 Å². The van der Waals surface area contributed by atoms with Crippen LogP contribution in [0.3, 0.4) is 0 Å². The minimum atomic E-state index is -0.795. The predicted octanol–water partition coefficient (Wildman–Crippen LogP) is 5.01.